The summed E-state index contributed by atoms with van der Waals surface area (Å²) in [5.41, 5.74) is 1.67. The van der Waals surface area contributed by atoms with Crippen LogP contribution in [0, 0.1) is 6.92 Å². The smallest absolute Gasteiger partial charge is 0.178 e. The van der Waals surface area contributed by atoms with Gasteiger partial charge in [-0.3, -0.25) is 0 Å². The maximum absolute atomic E-state index is 4.43. The highest BCUT2D eigenvalue weighted by atomic mass is 15.4. The van der Waals surface area contributed by atoms with Crippen molar-refractivity contribution in [3.05, 3.63) is 30.4 Å². The topological polar surface area (TPSA) is 60.9 Å². The number of rotatable bonds is 2. The van der Waals surface area contributed by atoms with Gasteiger partial charge in [-0.05, 0) is 26.0 Å². The van der Waals surface area contributed by atoms with Gasteiger partial charge in [0.05, 0.1) is 6.20 Å². The lowest BCUT2D eigenvalue weighted by Gasteiger charge is -2.01. The van der Waals surface area contributed by atoms with Crippen molar-refractivity contribution in [2.75, 3.05) is 0 Å². The fourth-order valence-electron chi connectivity index (χ4n) is 1.85. The molecule has 0 aliphatic heterocycles. The Morgan fingerprint density at radius 2 is 2.24 bits per heavy atom. The van der Waals surface area contributed by atoms with Crippen LogP contribution in [0.1, 0.15) is 12.7 Å². The molecule has 0 amide bonds. The van der Waals surface area contributed by atoms with Gasteiger partial charge in [-0.15, -0.1) is 0 Å². The first-order valence-electron chi connectivity index (χ1n) is 5.50. The Bertz CT molecular complexity index is 665. The second-order valence-electron chi connectivity index (χ2n) is 3.74. The summed E-state index contributed by atoms with van der Waals surface area (Å²) in [7, 11) is 0. The first-order chi connectivity index (χ1) is 8.29. The lowest BCUT2D eigenvalue weighted by Crippen LogP contribution is -2.02. The average molecular weight is 228 g/mol. The molecule has 6 nitrogen and oxygen atoms in total. The van der Waals surface area contributed by atoms with Crippen LogP contribution < -0.4 is 0 Å². The van der Waals surface area contributed by atoms with Gasteiger partial charge in [0.1, 0.15) is 11.5 Å². The third-order valence-electron chi connectivity index (χ3n) is 2.58. The van der Waals surface area contributed by atoms with E-state index in [2.05, 4.69) is 20.2 Å². The maximum Gasteiger partial charge on any atom is 0.178 e. The first kappa shape index (κ1) is 9.95. The molecule has 0 spiro atoms. The van der Waals surface area contributed by atoms with E-state index in [1.165, 1.54) is 0 Å². The summed E-state index contributed by atoms with van der Waals surface area (Å²) < 4.78 is 3.63. The summed E-state index contributed by atoms with van der Waals surface area (Å²) in [5.74, 6) is 1.56. The zero-order valence-corrected chi connectivity index (χ0v) is 9.70. The fourth-order valence-corrected chi connectivity index (χ4v) is 1.85. The Morgan fingerprint density at radius 3 is 3.06 bits per heavy atom. The molecule has 0 aromatic carbocycles. The third kappa shape index (κ3) is 1.49. The highest BCUT2D eigenvalue weighted by Crippen LogP contribution is 2.17. The molecule has 0 bridgehead atoms. The van der Waals surface area contributed by atoms with Crippen LogP contribution in [0.15, 0.2) is 24.5 Å². The molecule has 3 rings (SSSR count). The van der Waals surface area contributed by atoms with E-state index in [9.17, 15) is 0 Å². The molecule has 0 unspecified atom stereocenters. The second-order valence-corrected chi connectivity index (χ2v) is 3.74. The average Bonchev–Trinajstić information content (AvgIpc) is 2.91. The fraction of sp³-hybridized carbons (Fsp3) is 0.273. The molecule has 6 heteroatoms. The number of fused-ring (bicyclic) bond motifs is 1. The van der Waals surface area contributed by atoms with Gasteiger partial charge >= 0.3 is 0 Å². The predicted octanol–water partition coefficient (Wildman–Crippen LogP) is 1.32. The monoisotopic (exact) mass is 228 g/mol. The van der Waals surface area contributed by atoms with Crippen molar-refractivity contribution in [2.45, 2.75) is 20.4 Å². The Labute approximate surface area is 97.9 Å². The van der Waals surface area contributed by atoms with Crippen LogP contribution in [0.5, 0.6) is 0 Å². The minimum absolute atomic E-state index is 0.757. The van der Waals surface area contributed by atoms with Gasteiger partial charge in [0.15, 0.2) is 11.5 Å². The Hall–Kier alpha value is -2.24. The Kier molecular flexibility index (Phi) is 2.14. The maximum atomic E-state index is 4.43. The van der Waals surface area contributed by atoms with E-state index in [1.54, 1.807) is 16.9 Å². The van der Waals surface area contributed by atoms with E-state index in [4.69, 9.17) is 0 Å². The van der Waals surface area contributed by atoms with Gasteiger partial charge < -0.3 is 0 Å². The zero-order valence-electron chi connectivity index (χ0n) is 9.70. The van der Waals surface area contributed by atoms with Gasteiger partial charge in [0.2, 0.25) is 0 Å². The van der Waals surface area contributed by atoms with Gasteiger partial charge in [-0.1, -0.05) is 0 Å². The van der Waals surface area contributed by atoms with Crippen LogP contribution in [0.2, 0.25) is 0 Å². The molecule has 0 N–H and O–H groups in total. The summed E-state index contributed by atoms with van der Waals surface area (Å²) in [6.45, 7) is 4.69. The minimum atomic E-state index is 0.757. The van der Waals surface area contributed by atoms with E-state index in [0.717, 1.165) is 29.5 Å². The molecule has 0 atom stereocenters. The van der Waals surface area contributed by atoms with E-state index in [-0.39, 0.29) is 0 Å². The molecule has 0 saturated heterocycles. The Balaban J connectivity index is 2.26. The summed E-state index contributed by atoms with van der Waals surface area (Å²) in [6, 6.07) is 3.78. The molecular formula is C11H12N6. The van der Waals surface area contributed by atoms with Crippen LogP contribution in [0.4, 0.5) is 0 Å². The van der Waals surface area contributed by atoms with Crippen LogP contribution >= 0.6 is 0 Å². The summed E-state index contributed by atoms with van der Waals surface area (Å²) in [5, 5.41) is 8.60. The summed E-state index contributed by atoms with van der Waals surface area (Å²) >= 11 is 0. The molecule has 86 valence electrons. The molecule has 17 heavy (non-hydrogen) atoms. The lowest BCUT2D eigenvalue weighted by molar-refractivity contribution is 0.656. The molecule has 0 fully saturated rings. The van der Waals surface area contributed by atoms with Crippen LogP contribution in [0.3, 0.4) is 0 Å². The van der Waals surface area contributed by atoms with E-state index < -0.39 is 0 Å². The van der Waals surface area contributed by atoms with Crippen LogP contribution in [0.25, 0.3) is 17.2 Å². The van der Waals surface area contributed by atoms with Crippen molar-refractivity contribution in [3.8, 4) is 11.5 Å². The van der Waals surface area contributed by atoms with E-state index >= 15 is 0 Å². The molecule has 0 saturated carbocycles. The Morgan fingerprint density at radius 1 is 1.35 bits per heavy atom. The zero-order chi connectivity index (χ0) is 11.8. The summed E-state index contributed by atoms with van der Waals surface area (Å²) in [4.78, 5) is 8.72. The van der Waals surface area contributed by atoms with Gasteiger partial charge in [-0.25, -0.2) is 19.2 Å². The number of imidazole rings is 1. The van der Waals surface area contributed by atoms with Crippen molar-refractivity contribution in [2.24, 2.45) is 0 Å². The molecule has 3 heterocycles. The summed E-state index contributed by atoms with van der Waals surface area (Å²) in [6.07, 6.45) is 3.51. The van der Waals surface area contributed by atoms with Crippen molar-refractivity contribution >= 4 is 5.65 Å². The highest BCUT2D eigenvalue weighted by Gasteiger charge is 2.13. The van der Waals surface area contributed by atoms with Crippen molar-refractivity contribution in [1.82, 2.24) is 29.4 Å². The number of aryl methyl sites for hydroxylation is 2. The van der Waals surface area contributed by atoms with Crippen LogP contribution in [-0.2, 0) is 6.54 Å². The number of hydrogen-bond acceptors (Lipinski definition) is 4. The normalized spacial score (nSPS) is 11.2. The van der Waals surface area contributed by atoms with E-state index in [1.807, 2.05) is 30.7 Å². The first-order valence-corrected chi connectivity index (χ1v) is 5.50. The van der Waals surface area contributed by atoms with Crippen molar-refractivity contribution < 1.29 is 0 Å². The standard InChI is InChI=1S/C11H12N6/c1-3-16-11(14-8(2)15-16)9-7-12-10-5-4-6-13-17(9)10/h4-7H,3H2,1-2H3. The molecule has 3 aromatic heterocycles. The lowest BCUT2D eigenvalue weighted by atomic mass is 10.4. The minimum Gasteiger partial charge on any atom is -0.244 e. The highest BCUT2D eigenvalue weighted by molar-refractivity contribution is 5.55. The number of aromatic nitrogens is 6. The third-order valence-corrected chi connectivity index (χ3v) is 2.58. The second kappa shape index (κ2) is 3.65. The van der Waals surface area contributed by atoms with Crippen LogP contribution in [-0.4, -0.2) is 29.4 Å². The molecule has 0 aliphatic carbocycles. The molecular weight excluding hydrogens is 216 g/mol. The number of hydrogen-bond donors (Lipinski definition) is 0. The van der Waals surface area contributed by atoms with Crippen molar-refractivity contribution in [1.29, 1.82) is 0 Å². The molecule has 0 radical (unpaired) electrons. The van der Waals surface area contributed by atoms with Crippen molar-refractivity contribution in [3.63, 3.8) is 0 Å². The molecule has 0 aliphatic rings. The SMILES string of the molecule is CCn1nc(C)nc1-c1cnc2cccnn12. The van der Waals surface area contributed by atoms with Gasteiger partial charge in [-0.2, -0.15) is 10.2 Å². The predicted molar refractivity (Wildman–Crippen MR) is 62.4 cm³/mol. The molecule has 3 aromatic rings. The number of nitrogens with zero attached hydrogens (tertiary/aromatic N) is 6. The largest absolute Gasteiger partial charge is 0.244 e. The van der Waals surface area contributed by atoms with Gasteiger partial charge in [0.25, 0.3) is 0 Å². The quantitative estimate of drug-likeness (QED) is 0.663. The van der Waals surface area contributed by atoms with E-state index in [0.29, 0.717) is 0 Å². The van der Waals surface area contributed by atoms with Gasteiger partial charge in [0, 0.05) is 12.7 Å².